The van der Waals surface area contributed by atoms with E-state index in [1.807, 2.05) is 19.1 Å². The lowest BCUT2D eigenvalue weighted by Gasteiger charge is -2.11. The molecule has 0 spiro atoms. The minimum absolute atomic E-state index is 0. The summed E-state index contributed by atoms with van der Waals surface area (Å²) < 4.78 is 2.14. The molecule has 0 radical (unpaired) electrons. The van der Waals surface area contributed by atoms with Crippen LogP contribution in [0, 0.1) is 6.92 Å². The first-order chi connectivity index (χ1) is 10.3. The summed E-state index contributed by atoms with van der Waals surface area (Å²) in [4.78, 5) is 8.70. The van der Waals surface area contributed by atoms with Crippen LogP contribution in [0.1, 0.15) is 17.1 Å². The van der Waals surface area contributed by atoms with E-state index in [1.54, 1.807) is 18.4 Å². The molecule has 0 atom stereocenters. The van der Waals surface area contributed by atoms with Crippen LogP contribution >= 0.6 is 35.3 Å². The Morgan fingerprint density at radius 1 is 1.27 bits per heavy atom. The zero-order valence-corrected chi connectivity index (χ0v) is 16.2. The molecule has 0 aliphatic heterocycles. The average Bonchev–Trinajstić information content (AvgIpc) is 3.13. The number of guanidine groups is 1. The van der Waals surface area contributed by atoms with Gasteiger partial charge in [-0.25, -0.2) is 4.98 Å². The van der Waals surface area contributed by atoms with Crippen molar-refractivity contribution < 1.29 is 0 Å². The van der Waals surface area contributed by atoms with Crippen molar-refractivity contribution in [2.24, 2.45) is 4.99 Å². The molecule has 2 heterocycles. The number of rotatable bonds is 7. The predicted molar refractivity (Wildman–Crippen MR) is 104 cm³/mol. The molecular formula is C15H24IN5S. The second-order valence-corrected chi connectivity index (χ2v) is 5.78. The van der Waals surface area contributed by atoms with Gasteiger partial charge in [0.2, 0.25) is 0 Å². The van der Waals surface area contributed by atoms with Crippen molar-refractivity contribution >= 4 is 41.3 Å². The minimum atomic E-state index is 0. The van der Waals surface area contributed by atoms with Crippen molar-refractivity contribution in [2.45, 2.75) is 26.3 Å². The van der Waals surface area contributed by atoms with Gasteiger partial charge in [-0.15, -0.1) is 35.3 Å². The quantitative estimate of drug-likeness (QED) is 0.306. The van der Waals surface area contributed by atoms with E-state index in [-0.39, 0.29) is 24.0 Å². The van der Waals surface area contributed by atoms with Crippen molar-refractivity contribution in [1.82, 2.24) is 20.2 Å². The second-order valence-electron chi connectivity index (χ2n) is 4.83. The fraction of sp³-hybridized carbons (Fsp3) is 0.467. The fourth-order valence-electron chi connectivity index (χ4n) is 2.01. The van der Waals surface area contributed by atoms with Crippen LogP contribution in [-0.2, 0) is 13.0 Å². The average molecular weight is 433 g/mol. The van der Waals surface area contributed by atoms with Gasteiger partial charge in [0.15, 0.2) is 5.96 Å². The minimum Gasteiger partial charge on any atom is -0.356 e. The Labute approximate surface area is 153 Å². The first-order valence-corrected chi connectivity index (χ1v) is 8.12. The molecule has 0 saturated heterocycles. The molecular weight excluding hydrogens is 409 g/mol. The number of hydrogen-bond acceptors (Lipinski definition) is 3. The van der Waals surface area contributed by atoms with E-state index in [4.69, 9.17) is 0 Å². The molecule has 2 N–H and O–H groups in total. The molecule has 0 unspecified atom stereocenters. The van der Waals surface area contributed by atoms with Crippen LogP contribution in [0.2, 0.25) is 0 Å². The molecule has 2 aromatic rings. The number of aryl methyl sites for hydroxylation is 2. The smallest absolute Gasteiger partial charge is 0.191 e. The van der Waals surface area contributed by atoms with Gasteiger partial charge in [0.1, 0.15) is 0 Å². The lowest BCUT2D eigenvalue weighted by Crippen LogP contribution is -2.39. The topological polar surface area (TPSA) is 54.2 Å². The summed E-state index contributed by atoms with van der Waals surface area (Å²) in [7, 11) is 1.80. The highest BCUT2D eigenvalue weighted by atomic mass is 127. The van der Waals surface area contributed by atoms with Crippen LogP contribution in [0.25, 0.3) is 0 Å². The highest BCUT2D eigenvalue weighted by molar-refractivity contribution is 14.0. The van der Waals surface area contributed by atoms with Gasteiger partial charge in [-0.2, -0.15) is 0 Å². The largest absolute Gasteiger partial charge is 0.356 e. The standard InChI is InChI=1S/C15H23N5S.HI/c1-13-12-21-14(19-13)6-5-7-17-15(16-2)18-8-11-20-9-3-4-10-20;/h3-4,9-10,12H,5-8,11H2,1-2H3,(H2,16,17,18);1H. The van der Waals surface area contributed by atoms with Gasteiger partial charge >= 0.3 is 0 Å². The normalized spacial score (nSPS) is 11.1. The number of halogens is 1. The van der Waals surface area contributed by atoms with Crippen LogP contribution < -0.4 is 10.6 Å². The summed E-state index contributed by atoms with van der Waals surface area (Å²) in [6.07, 6.45) is 6.21. The van der Waals surface area contributed by atoms with Crippen molar-refractivity contribution in [3.8, 4) is 0 Å². The van der Waals surface area contributed by atoms with Crippen LogP contribution in [0.15, 0.2) is 34.9 Å². The fourth-order valence-corrected chi connectivity index (χ4v) is 2.83. The number of aromatic nitrogens is 2. The van der Waals surface area contributed by atoms with E-state index in [0.29, 0.717) is 0 Å². The molecule has 122 valence electrons. The molecule has 5 nitrogen and oxygen atoms in total. The summed E-state index contributed by atoms with van der Waals surface area (Å²) in [6.45, 7) is 4.74. The number of nitrogens with one attached hydrogen (secondary N) is 2. The zero-order valence-electron chi connectivity index (χ0n) is 13.1. The first kappa shape index (κ1) is 19.0. The Bertz CT molecular complexity index is 550. The molecule has 0 fully saturated rings. The third kappa shape index (κ3) is 6.78. The maximum absolute atomic E-state index is 4.47. The summed E-state index contributed by atoms with van der Waals surface area (Å²) >= 11 is 1.74. The number of aliphatic imine (C=N–C) groups is 1. The lowest BCUT2D eigenvalue weighted by molar-refractivity contribution is 0.660. The molecule has 0 amide bonds. The van der Waals surface area contributed by atoms with Crippen LogP contribution in [0.5, 0.6) is 0 Å². The maximum Gasteiger partial charge on any atom is 0.191 e. The molecule has 0 aliphatic rings. The molecule has 0 aliphatic carbocycles. The molecule has 0 bridgehead atoms. The third-order valence-electron chi connectivity index (χ3n) is 3.08. The Morgan fingerprint density at radius 3 is 2.64 bits per heavy atom. The monoisotopic (exact) mass is 433 g/mol. The SMILES string of the molecule is CN=C(NCCCc1nc(C)cs1)NCCn1cccc1.I. The van der Waals surface area contributed by atoms with E-state index < -0.39 is 0 Å². The maximum atomic E-state index is 4.47. The molecule has 22 heavy (non-hydrogen) atoms. The predicted octanol–water partition coefficient (Wildman–Crippen LogP) is 2.67. The summed E-state index contributed by atoms with van der Waals surface area (Å²) in [5, 5.41) is 9.96. The van der Waals surface area contributed by atoms with Crippen LogP contribution in [-0.4, -0.2) is 35.6 Å². The van der Waals surface area contributed by atoms with E-state index >= 15 is 0 Å². The van der Waals surface area contributed by atoms with Gasteiger partial charge in [0.05, 0.1) is 5.01 Å². The summed E-state index contributed by atoms with van der Waals surface area (Å²) in [5.41, 5.74) is 1.12. The van der Waals surface area contributed by atoms with Crippen molar-refractivity contribution in [3.05, 3.63) is 40.6 Å². The summed E-state index contributed by atoms with van der Waals surface area (Å²) in [5.74, 6) is 0.859. The Balaban J connectivity index is 0.00000242. The van der Waals surface area contributed by atoms with Crippen LogP contribution in [0.4, 0.5) is 0 Å². The van der Waals surface area contributed by atoms with Gasteiger partial charge in [0.25, 0.3) is 0 Å². The van der Waals surface area contributed by atoms with E-state index in [0.717, 1.165) is 44.1 Å². The lowest BCUT2D eigenvalue weighted by atomic mass is 10.3. The summed E-state index contributed by atoms with van der Waals surface area (Å²) in [6, 6.07) is 4.07. The van der Waals surface area contributed by atoms with Gasteiger partial charge in [-0.1, -0.05) is 0 Å². The molecule has 2 aromatic heterocycles. The van der Waals surface area contributed by atoms with E-state index in [2.05, 4.69) is 43.0 Å². The van der Waals surface area contributed by atoms with Gasteiger partial charge in [0, 0.05) is 56.6 Å². The zero-order chi connectivity index (χ0) is 14.9. The highest BCUT2D eigenvalue weighted by Crippen LogP contribution is 2.10. The number of thiazole rings is 1. The number of hydrogen-bond donors (Lipinski definition) is 2. The van der Waals surface area contributed by atoms with Crippen molar-refractivity contribution in [1.29, 1.82) is 0 Å². The van der Waals surface area contributed by atoms with Crippen molar-refractivity contribution in [2.75, 3.05) is 20.1 Å². The van der Waals surface area contributed by atoms with Gasteiger partial charge in [-0.05, 0) is 25.5 Å². The van der Waals surface area contributed by atoms with Crippen molar-refractivity contribution in [3.63, 3.8) is 0 Å². The first-order valence-electron chi connectivity index (χ1n) is 7.24. The van der Waals surface area contributed by atoms with Gasteiger partial charge in [-0.3, -0.25) is 4.99 Å². The Kier molecular flexibility index (Phi) is 9.14. The van der Waals surface area contributed by atoms with Gasteiger partial charge < -0.3 is 15.2 Å². The highest BCUT2D eigenvalue weighted by Gasteiger charge is 2.00. The number of nitrogens with zero attached hydrogens (tertiary/aromatic N) is 3. The van der Waals surface area contributed by atoms with E-state index in [9.17, 15) is 0 Å². The molecule has 0 aromatic carbocycles. The second kappa shape index (κ2) is 10.6. The molecule has 0 saturated carbocycles. The van der Waals surface area contributed by atoms with Crippen LogP contribution in [0.3, 0.4) is 0 Å². The molecule has 2 rings (SSSR count). The Hall–Kier alpha value is -1.09. The van der Waals surface area contributed by atoms with E-state index in [1.165, 1.54) is 5.01 Å². The third-order valence-corrected chi connectivity index (χ3v) is 4.11. The Morgan fingerprint density at radius 2 is 2.00 bits per heavy atom. The molecule has 7 heteroatoms.